The molecule has 180 valence electrons. The van der Waals surface area contributed by atoms with Gasteiger partial charge in [-0.05, 0) is 29.3 Å². The fraction of sp³-hybridized carbons (Fsp3) is 0.111. The zero-order chi connectivity index (χ0) is 25.4. The van der Waals surface area contributed by atoms with Crippen LogP contribution >= 0.6 is 35.6 Å². The van der Waals surface area contributed by atoms with Crippen LogP contribution in [0.2, 0.25) is 5.02 Å². The lowest BCUT2D eigenvalue weighted by atomic mass is 10.0. The number of methoxy groups -OCH3 is 1. The van der Waals surface area contributed by atoms with Crippen molar-refractivity contribution in [3.63, 3.8) is 0 Å². The van der Waals surface area contributed by atoms with Crippen LogP contribution in [0.1, 0.15) is 22.7 Å². The molecule has 0 N–H and O–H groups in total. The molecule has 9 heteroatoms. The topological polar surface area (TPSA) is 66.9 Å². The molecule has 0 saturated carbocycles. The minimum absolute atomic E-state index is 0.184. The van der Waals surface area contributed by atoms with Gasteiger partial charge in [-0.25, -0.2) is 4.79 Å². The first-order valence-electron chi connectivity index (χ1n) is 11.0. The predicted molar refractivity (Wildman–Crippen MR) is 144 cm³/mol. The average Bonchev–Trinajstić information content (AvgIpc) is 3.33. The van der Waals surface area contributed by atoms with Crippen molar-refractivity contribution in [1.29, 1.82) is 0 Å². The Morgan fingerprint density at radius 1 is 0.972 bits per heavy atom. The zero-order valence-corrected chi connectivity index (χ0v) is 21.4. The molecule has 0 bridgehead atoms. The first-order chi connectivity index (χ1) is 17.4. The van der Waals surface area contributed by atoms with Crippen LogP contribution in [-0.2, 0) is 25.7 Å². The highest BCUT2D eigenvalue weighted by atomic mass is 35.5. The van der Waals surface area contributed by atoms with Gasteiger partial charge in [0.1, 0.15) is 4.32 Å². The largest absolute Gasteiger partial charge is 0.467 e. The maximum Gasteiger partial charge on any atom is 0.333 e. The summed E-state index contributed by atoms with van der Waals surface area (Å²) in [6.07, 6.45) is 0. The molecule has 2 aliphatic heterocycles. The van der Waals surface area contributed by atoms with Crippen molar-refractivity contribution in [2.75, 3.05) is 12.0 Å². The third kappa shape index (κ3) is 4.21. The summed E-state index contributed by atoms with van der Waals surface area (Å²) in [6, 6.07) is 22.3. The molecule has 36 heavy (non-hydrogen) atoms. The number of thiocarbonyl (C=S) groups is 1. The molecule has 5 rings (SSSR count). The Labute approximate surface area is 222 Å². The molecule has 1 saturated heterocycles. The molecule has 2 heterocycles. The van der Waals surface area contributed by atoms with Gasteiger partial charge in [-0.2, -0.15) is 0 Å². The van der Waals surface area contributed by atoms with Crippen molar-refractivity contribution in [2.45, 2.75) is 12.6 Å². The summed E-state index contributed by atoms with van der Waals surface area (Å²) in [4.78, 5) is 43.3. The number of hydrogen-bond donors (Lipinski definition) is 0. The molecule has 2 amide bonds. The molecule has 3 aromatic rings. The molecule has 3 aromatic carbocycles. The first-order valence-corrected chi connectivity index (χ1v) is 12.6. The van der Waals surface area contributed by atoms with E-state index in [-0.39, 0.29) is 20.7 Å². The predicted octanol–water partition coefficient (Wildman–Crippen LogP) is 5.37. The molecule has 2 aliphatic rings. The highest BCUT2D eigenvalue weighted by Crippen LogP contribution is 2.46. The zero-order valence-electron chi connectivity index (χ0n) is 19.0. The van der Waals surface area contributed by atoms with Crippen molar-refractivity contribution >= 4 is 68.9 Å². The summed E-state index contributed by atoms with van der Waals surface area (Å²) in [6.45, 7) is 0.311. The van der Waals surface area contributed by atoms with Gasteiger partial charge in [0.05, 0.1) is 29.8 Å². The Hall–Kier alpha value is -3.46. The number of anilines is 1. The average molecular weight is 535 g/mol. The molecule has 0 aliphatic carbocycles. The summed E-state index contributed by atoms with van der Waals surface area (Å²) in [7, 11) is 1.26. The van der Waals surface area contributed by atoms with E-state index in [0.717, 1.165) is 17.3 Å². The Morgan fingerprint density at radius 2 is 1.64 bits per heavy atom. The first kappa shape index (κ1) is 24.2. The molecule has 0 spiro atoms. The van der Waals surface area contributed by atoms with E-state index >= 15 is 0 Å². The van der Waals surface area contributed by atoms with E-state index in [1.54, 1.807) is 41.3 Å². The smallest absolute Gasteiger partial charge is 0.333 e. The Balaban J connectivity index is 1.57. The van der Waals surface area contributed by atoms with Gasteiger partial charge in [-0.1, -0.05) is 96.2 Å². The summed E-state index contributed by atoms with van der Waals surface area (Å²) < 4.78 is 5.19. The van der Waals surface area contributed by atoms with Crippen LogP contribution in [0, 0.1) is 0 Å². The van der Waals surface area contributed by atoms with Gasteiger partial charge in [0.15, 0.2) is 6.04 Å². The van der Waals surface area contributed by atoms with E-state index in [2.05, 4.69) is 0 Å². The van der Waals surface area contributed by atoms with Crippen molar-refractivity contribution in [3.8, 4) is 0 Å². The number of carbonyl (C=O) groups is 3. The van der Waals surface area contributed by atoms with Crippen LogP contribution in [0.5, 0.6) is 0 Å². The van der Waals surface area contributed by atoms with Gasteiger partial charge >= 0.3 is 5.97 Å². The van der Waals surface area contributed by atoms with E-state index in [0.29, 0.717) is 28.4 Å². The van der Waals surface area contributed by atoms with E-state index in [1.165, 1.54) is 12.0 Å². The number of carbonyl (C=O) groups excluding carboxylic acids is 3. The van der Waals surface area contributed by atoms with Crippen molar-refractivity contribution < 1.29 is 19.1 Å². The van der Waals surface area contributed by atoms with Gasteiger partial charge < -0.3 is 9.64 Å². The van der Waals surface area contributed by atoms with E-state index in [4.69, 9.17) is 28.6 Å². The van der Waals surface area contributed by atoms with E-state index < -0.39 is 17.9 Å². The number of rotatable bonds is 5. The fourth-order valence-electron chi connectivity index (χ4n) is 4.32. The fourth-order valence-corrected chi connectivity index (χ4v) is 5.83. The second kappa shape index (κ2) is 9.89. The standard InChI is InChI=1S/C27H19ClN2O4S2/c1-34-26(33)22(17-7-3-2-4-8-17)30-25(32)23(36-27(30)35)21-19-9-5-6-10-20(19)29(24(21)31)15-16-11-13-18(28)14-12-16/h2-14,22H,15H2,1H3/b23-21-. The monoisotopic (exact) mass is 534 g/mol. The van der Waals surface area contributed by atoms with Gasteiger partial charge in [0.25, 0.3) is 11.8 Å². The number of esters is 1. The number of amides is 2. The Morgan fingerprint density at radius 3 is 2.33 bits per heavy atom. The molecule has 1 unspecified atom stereocenters. The molecule has 0 radical (unpaired) electrons. The van der Waals surface area contributed by atoms with Crippen molar-refractivity contribution in [2.24, 2.45) is 0 Å². The van der Waals surface area contributed by atoms with Crippen LogP contribution in [0.4, 0.5) is 5.69 Å². The molecule has 1 fully saturated rings. The van der Waals surface area contributed by atoms with Crippen LogP contribution in [-0.4, -0.2) is 34.1 Å². The van der Waals surface area contributed by atoms with Crippen molar-refractivity contribution in [3.05, 3.63) is 105 Å². The van der Waals surface area contributed by atoms with Gasteiger partial charge in [-0.3, -0.25) is 14.5 Å². The number of para-hydroxylation sites is 1. The summed E-state index contributed by atoms with van der Waals surface area (Å²) >= 11 is 12.6. The lowest BCUT2D eigenvalue weighted by molar-refractivity contribution is -0.148. The minimum Gasteiger partial charge on any atom is -0.467 e. The highest BCUT2D eigenvalue weighted by molar-refractivity contribution is 8.26. The van der Waals surface area contributed by atoms with Crippen LogP contribution in [0.15, 0.2) is 83.8 Å². The summed E-state index contributed by atoms with van der Waals surface area (Å²) in [5.41, 5.74) is 3.08. The number of fused-ring (bicyclic) bond motifs is 1. The van der Waals surface area contributed by atoms with Gasteiger partial charge in [0, 0.05) is 10.6 Å². The van der Waals surface area contributed by atoms with Gasteiger partial charge in [0.2, 0.25) is 0 Å². The third-order valence-electron chi connectivity index (χ3n) is 6.00. The van der Waals surface area contributed by atoms with E-state index in [9.17, 15) is 14.4 Å². The van der Waals surface area contributed by atoms with Crippen LogP contribution in [0.3, 0.4) is 0 Å². The number of thioether (sulfide) groups is 1. The second-order valence-corrected chi connectivity index (χ2v) is 10.2. The maximum absolute atomic E-state index is 13.8. The molecular formula is C27H19ClN2O4S2. The number of halogens is 1. The SMILES string of the molecule is COC(=O)C(c1ccccc1)N1C(=O)/C(=C2/C(=O)N(Cc3ccc(Cl)cc3)c3ccccc32)SC1=S. The molecule has 0 aromatic heterocycles. The minimum atomic E-state index is -1.06. The van der Waals surface area contributed by atoms with E-state index in [1.807, 2.05) is 42.5 Å². The summed E-state index contributed by atoms with van der Waals surface area (Å²) in [5, 5.41) is 0.606. The molecule has 6 nitrogen and oxygen atoms in total. The highest BCUT2D eigenvalue weighted by Gasteiger charge is 2.46. The second-order valence-electron chi connectivity index (χ2n) is 8.12. The quantitative estimate of drug-likeness (QED) is 0.249. The number of nitrogens with zero attached hydrogens (tertiary/aromatic N) is 2. The van der Waals surface area contributed by atoms with Crippen molar-refractivity contribution in [1.82, 2.24) is 4.90 Å². The lowest BCUT2D eigenvalue weighted by Crippen LogP contribution is -2.38. The van der Waals surface area contributed by atoms with Crippen LogP contribution in [0.25, 0.3) is 5.57 Å². The summed E-state index contributed by atoms with van der Waals surface area (Å²) in [5.74, 6) is -1.43. The molecule has 1 atom stereocenters. The Bertz CT molecular complexity index is 1420. The Kier molecular flexibility index (Phi) is 6.66. The normalized spacial score (nSPS) is 18.0. The molecular weight excluding hydrogens is 516 g/mol. The number of ether oxygens (including phenoxy) is 1. The van der Waals surface area contributed by atoms with Gasteiger partial charge in [-0.15, -0.1) is 0 Å². The third-order valence-corrected chi connectivity index (χ3v) is 7.65. The number of benzene rings is 3. The maximum atomic E-state index is 13.8. The number of hydrogen-bond acceptors (Lipinski definition) is 6. The van der Waals surface area contributed by atoms with Crippen LogP contribution < -0.4 is 4.90 Å². The lowest BCUT2D eigenvalue weighted by Gasteiger charge is -2.24.